The number of hydrogen-bond donors (Lipinski definition) is 1. The van der Waals surface area contributed by atoms with E-state index in [4.69, 9.17) is 17.3 Å². The number of hydrogen-bond acceptors (Lipinski definition) is 2. The predicted molar refractivity (Wildman–Crippen MR) is 84.1 cm³/mol. The lowest BCUT2D eigenvalue weighted by Gasteiger charge is -2.31. The smallest absolute Gasteiger partial charge is 0.255 e. The SMILES string of the molecule is Cl.NCC1CCN(C(=O)c2cc(Cl)ccc2Br)CC1. The van der Waals surface area contributed by atoms with Crippen LogP contribution in [0, 0.1) is 5.92 Å². The molecule has 0 aromatic heterocycles. The molecule has 2 N–H and O–H groups in total. The van der Waals surface area contributed by atoms with Crippen molar-refractivity contribution in [3.63, 3.8) is 0 Å². The lowest BCUT2D eigenvalue weighted by Crippen LogP contribution is -2.40. The fourth-order valence-electron chi connectivity index (χ4n) is 2.20. The van der Waals surface area contributed by atoms with Gasteiger partial charge in [-0.25, -0.2) is 0 Å². The van der Waals surface area contributed by atoms with Crippen molar-refractivity contribution in [1.82, 2.24) is 4.90 Å². The van der Waals surface area contributed by atoms with Crippen LogP contribution < -0.4 is 5.73 Å². The second-order valence-electron chi connectivity index (χ2n) is 4.60. The van der Waals surface area contributed by atoms with Gasteiger partial charge in [0.25, 0.3) is 5.91 Å². The van der Waals surface area contributed by atoms with Gasteiger partial charge in [0.1, 0.15) is 0 Å². The van der Waals surface area contributed by atoms with Crippen molar-refractivity contribution >= 4 is 45.8 Å². The zero-order chi connectivity index (χ0) is 13.1. The van der Waals surface area contributed by atoms with Crippen LogP contribution in [-0.2, 0) is 0 Å². The second-order valence-corrected chi connectivity index (χ2v) is 5.89. The minimum Gasteiger partial charge on any atom is -0.339 e. The molecule has 0 unspecified atom stereocenters. The fourth-order valence-corrected chi connectivity index (χ4v) is 2.79. The molecule has 1 aromatic rings. The summed E-state index contributed by atoms with van der Waals surface area (Å²) in [4.78, 5) is 14.3. The van der Waals surface area contributed by atoms with Crippen LogP contribution in [0.5, 0.6) is 0 Å². The van der Waals surface area contributed by atoms with Crippen LogP contribution in [0.2, 0.25) is 5.02 Å². The van der Waals surface area contributed by atoms with E-state index in [1.165, 1.54) is 0 Å². The van der Waals surface area contributed by atoms with E-state index < -0.39 is 0 Å². The highest BCUT2D eigenvalue weighted by Crippen LogP contribution is 2.24. The van der Waals surface area contributed by atoms with Crippen molar-refractivity contribution in [2.24, 2.45) is 11.7 Å². The highest BCUT2D eigenvalue weighted by molar-refractivity contribution is 9.10. The lowest BCUT2D eigenvalue weighted by atomic mass is 9.96. The van der Waals surface area contributed by atoms with E-state index >= 15 is 0 Å². The Labute approximate surface area is 133 Å². The zero-order valence-electron chi connectivity index (χ0n) is 10.4. The van der Waals surface area contributed by atoms with E-state index in [0.717, 1.165) is 30.4 Å². The summed E-state index contributed by atoms with van der Waals surface area (Å²) in [5.74, 6) is 0.594. The molecule has 1 amide bonds. The van der Waals surface area contributed by atoms with E-state index in [-0.39, 0.29) is 18.3 Å². The van der Waals surface area contributed by atoms with Crippen molar-refractivity contribution in [1.29, 1.82) is 0 Å². The molecule has 1 aliphatic heterocycles. The molecule has 0 saturated carbocycles. The molecule has 0 atom stereocenters. The van der Waals surface area contributed by atoms with Crippen LogP contribution >= 0.6 is 39.9 Å². The Morgan fingerprint density at radius 1 is 1.42 bits per heavy atom. The van der Waals surface area contributed by atoms with Gasteiger partial charge in [-0.1, -0.05) is 11.6 Å². The summed E-state index contributed by atoms with van der Waals surface area (Å²) in [5.41, 5.74) is 6.28. The number of rotatable bonds is 2. The van der Waals surface area contributed by atoms with Crippen molar-refractivity contribution in [2.75, 3.05) is 19.6 Å². The Hall–Kier alpha value is -0.290. The molecule has 0 spiro atoms. The first-order chi connectivity index (χ1) is 8.61. The summed E-state index contributed by atoms with van der Waals surface area (Å²) in [6.07, 6.45) is 1.97. The lowest BCUT2D eigenvalue weighted by molar-refractivity contribution is 0.0692. The number of likely N-dealkylation sites (tertiary alicyclic amines) is 1. The first-order valence-corrected chi connectivity index (χ1v) is 7.23. The van der Waals surface area contributed by atoms with Gasteiger partial charge in [-0.15, -0.1) is 12.4 Å². The standard InChI is InChI=1S/C13H16BrClN2O.ClH/c14-12-2-1-10(15)7-11(12)13(18)17-5-3-9(8-16)4-6-17;/h1-2,7,9H,3-6,8,16H2;1H. The minimum atomic E-state index is 0. The van der Waals surface area contributed by atoms with Crippen molar-refractivity contribution in [2.45, 2.75) is 12.8 Å². The Morgan fingerprint density at radius 3 is 2.63 bits per heavy atom. The molecule has 19 heavy (non-hydrogen) atoms. The molecular weight excluding hydrogens is 351 g/mol. The Kier molecular flexibility index (Phi) is 6.60. The number of nitrogens with two attached hydrogens (primary N) is 1. The summed E-state index contributed by atoms with van der Waals surface area (Å²) in [5, 5.41) is 0.582. The molecule has 3 nitrogen and oxygen atoms in total. The Bertz CT molecular complexity index is 448. The van der Waals surface area contributed by atoms with Crippen molar-refractivity contribution in [3.8, 4) is 0 Å². The van der Waals surface area contributed by atoms with Crippen LogP contribution in [0.15, 0.2) is 22.7 Å². The summed E-state index contributed by atoms with van der Waals surface area (Å²) in [7, 11) is 0. The van der Waals surface area contributed by atoms with Crippen molar-refractivity contribution in [3.05, 3.63) is 33.3 Å². The van der Waals surface area contributed by atoms with Gasteiger partial charge in [-0.2, -0.15) is 0 Å². The number of benzene rings is 1. The molecule has 2 rings (SSSR count). The van der Waals surface area contributed by atoms with E-state index in [1.807, 2.05) is 11.0 Å². The van der Waals surface area contributed by atoms with Crippen LogP contribution in [0.25, 0.3) is 0 Å². The fraction of sp³-hybridized carbons (Fsp3) is 0.462. The van der Waals surface area contributed by atoms with Gasteiger partial charge >= 0.3 is 0 Å². The summed E-state index contributed by atoms with van der Waals surface area (Å²) < 4.78 is 0.790. The van der Waals surface area contributed by atoms with Gasteiger partial charge in [-0.3, -0.25) is 4.79 Å². The number of carbonyl (C=O) groups is 1. The van der Waals surface area contributed by atoms with Crippen LogP contribution in [0.1, 0.15) is 23.2 Å². The van der Waals surface area contributed by atoms with E-state index in [1.54, 1.807) is 12.1 Å². The largest absolute Gasteiger partial charge is 0.339 e. The monoisotopic (exact) mass is 366 g/mol. The Morgan fingerprint density at radius 2 is 2.05 bits per heavy atom. The average molecular weight is 368 g/mol. The van der Waals surface area contributed by atoms with E-state index in [9.17, 15) is 4.79 Å². The quantitative estimate of drug-likeness (QED) is 0.871. The maximum Gasteiger partial charge on any atom is 0.255 e. The summed E-state index contributed by atoms with van der Waals surface area (Å²) >= 11 is 9.33. The molecule has 1 saturated heterocycles. The normalized spacial score (nSPS) is 16.1. The second kappa shape index (κ2) is 7.48. The molecule has 0 aliphatic carbocycles. The van der Waals surface area contributed by atoms with Gasteiger partial charge in [-0.05, 0) is 59.4 Å². The predicted octanol–water partition coefficient (Wildman–Crippen LogP) is 3.34. The number of piperidine rings is 1. The van der Waals surface area contributed by atoms with Crippen LogP contribution in [0.4, 0.5) is 0 Å². The molecule has 106 valence electrons. The van der Waals surface area contributed by atoms with E-state index in [2.05, 4.69) is 15.9 Å². The third-order valence-electron chi connectivity index (χ3n) is 3.39. The van der Waals surface area contributed by atoms with Gasteiger partial charge in [0.05, 0.1) is 5.56 Å². The van der Waals surface area contributed by atoms with E-state index in [0.29, 0.717) is 23.0 Å². The van der Waals surface area contributed by atoms with Crippen LogP contribution in [0.3, 0.4) is 0 Å². The molecule has 1 aliphatic rings. The third-order valence-corrected chi connectivity index (χ3v) is 4.32. The molecular formula is C13H17BrCl2N2O. The summed E-state index contributed by atoms with van der Waals surface area (Å²) in [6, 6.07) is 5.29. The average Bonchev–Trinajstić information content (AvgIpc) is 2.41. The molecule has 1 aromatic carbocycles. The zero-order valence-corrected chi connectivity index (χ0v) is 13.6. The molecule has 6 heteroatoms. The number of nitrogens with zero attached hydrogens (tertiary/aromatic N) is 1. The van der Waals surface area contributed by atoms with Gasteiger partial charge < -0.3 is 10.6 Å². The molecule has 1 heterocycles. The van der Waals surface area contributed by atoms with Crippen molar-refractivity contribution < 1.29 is 4.79 Å². The number of halogens is 3. The minimum absolute atomic E-state index is 0. The first-order valence-electron chi connectivity index (χ1n) is 6.06. The highest BCUT2D eigenvalue weighted by Gasteiger charge is 2.24. The maximum absolute atomic E-state index is 12.4. The van der Waals surface area contributed by atoms with Gasteiger partial charge in [0.2, 0.25) is 0 Å². The number of carbonyl (C=O) groups excluding carboxylic acids is 1. The molecule has 0 radical (unpaired) electrons. The summed E-state index contributed by atoms with van der Waals surface area (Å²) in [6.45, 7) is 2.27. The third kappa shape index (κ3) is 4.09. The van der Waals surface area contributed by atoms with Gasteiger partial charge in [0, 0.05) is 22.6 Å². The molecule has 1 fully saturated rings. The number of amides is 1. The highest BCUT2D eigenvalue weighted by atomic mass is 79.9. The first kappa shape index (κ1) is 16.8. The molecule has 0 bridgehead atoms. The maximum atomic E-state index is 12.4. The van der Waals surface area contributed by atoms with Gasteiger partial charge in [0.15, 0.2) is 0 Å². The topological polar surface area (TPSA) is 46.3 Å². The Balaban J connectivity index is 0.00000180. The van der Waals surface area contributed by atoms with Crippen LogP contribution in [-0.4, -0.2) is 30.4 Å².